The average Bonchev–Trinajstić information content (AvgIpc) is 2.56. The third-order valence-electron chi connectivity index (χ3n) is 4.31. The monoisotopic (exact) mass is 374 g/mol. The summed E-state index contributed by atoms with van der Waals surface area (Å²) in [6.07, 6.45) is -4.61. The van der Waals surface area contributed by atoms with Crippen molar-refractivity contribution in [3.8, 4) is 5.75 Å². The van der Waals surface area contributed by atoms with Crippen molar-refractivity contribution in [3.63, 3.8) is 0 Å². The molecule has 0 spiro atoms. The minimum atomic E-state index is -4.72. The number of carbonyl (C=O) groups excluding carboxylic acids is 1. The smallest absolute Gasteiger partial charge is 0.406 e. The fraction of sp³-hybridized carbons (Fsp3) is 0.611. The van der Waals surface area contributed by atoms with Gasteiger partial charge in [0.2, 0.25) is 5.91 Å². The number of halogens is 3. The molecule has 1 aromatic carbocycles. The topological polar surface area (TPSA) is 50.8 Å². The largest absolute Gasteiger partial charge is 0.573 e. The Labute approximate surface area is 151 Å². The SMILES string of the molecule is CC(C)[C@H](CNC(=O)Cc1ccc(OC(F)(F)F)cc1)N1CCOCC1. The molecule has 1 fully saturated rings. The van der Waals surface area contributed by atoms with Gasteiger partial charge in [0.05, 0.1) is 19.6 Å². The van der Waals surface area contributed by atoms with Crippen LogP contribution in [0.25, 0.3) is 0 Å². The zero-order valence-corrected chi connectivity index (χ0v) is 15.0. The first-order valence-corrected chi connectivity index (χ1v) is 8.68. The van der Waals surface area contributed by atoms with Gasteiger partial charge in [-0.15, -0.1) is 13.2 Å². The zero-order chi connectivity index (χ0) is 19.2. The maximum absolute atomic E-state index is 12.2. The van der Waals surface area contributed by atoms with E-state index in [0.29, 0.717) is 31.2 Å². The van der Waals surface area contributed by atoms with E-state index in [4.69, 9.17) is 4.74 Å². The molecule has 0 unspecified atom stereocenters. The standard InChI is InChI=1S/C18H25F3N2O3/c1-13(2)16(23-7-9-25-10-8-23)12-22-17(24)11-14-3-5-15(6-4-14)26-18(19,20)21/h3-6,13,16H,7-12H2,1-2H3,(H,22,24)/t16-/m0/s1. The quantitative estimate of drug-likeness (QED) is 0.797. The summed E-state index contributed by atoms with van der Waals surface area (Å²) in [6, 6.07) is 5.57. The van der Waals surface area contributed by atoms with Crippen molar-refractivity contribution in [2.75, 3.05) is 32.8 Å². The number of amides is 1. The van der Waals surface area contributed by atoms with Crippen molar-refractivity contribution in [1.82, 2.24) is 10.2 Å². The maximum Gasteiger partial charge on any atom is 0.573 e. The molecule has 0 saturated carbocycles. The number of hydrogen-bond donors (Lipinski definition) is 1. The molecule has 2 rings (SSSR count). The highest BCUT2D eigenvalue weighted by molar-refractivity contribution is 5.78. The van der Waals surface area contributed by atoms with Crippen molar-refractivity contribution < 1.29 is 27.4 Å². The summed E-state index contributed by atoms with van der Waals surface area (Å²) in [6.45, 7) is 7.86. The second-order valence-corrected chi connectivity index (χ2v) is 6.63. The van der Waals surface area contributed by atoms with Gasteiger partial charge in [-0.3, -0.25) is 9.69 Å². The van der Waals surface area contributed by atoms with Crippen molar-refractivity contribution in [2.24, 2.45) is 5.92 Å². The van der Waals surface area contributed by atoms with Crippen molar-refractivity contribution in [2.45, 2.75) is 32.7 Å². The molecule has 8 heteroatoms. The first-order valence-electron chi connectivity index (χ1n) is 8.68. The van der Waals surface area contributed by atoms with Crippen LogP contribution in [-0.2, 0) is 16.0 Å². The predicted molar refractivity (Wildman–Crippen MR) is 90.9 cm³/mol. The number of morpholine rings is 1. The number of rotatable bonds is 7. The molecule has 1 aromatic rings. The van der Waals surface area contributed by atoms with E-state index in [-0.39, 0.29) is 24.1 Å². The van der Waals surface area contributed by atoms with Gasteiger partial charge in [-0.25, -0.2) is 0 Å². The molecule has 146 valence electrons. The maximum atomic E-state index is 12.2. The molecule has 26 heavy (non-hydrogen) atoms. The molecule has 0 radical (unpaired) electrons. The summed E-state index contributed by atoms with van der Waals surface area (Å²) in [5, 5.41) is 2.93. The molecule has 1 aliphatic rings. The van der Waals surface area contributed by atoms with E-state index < -0.39 is 6.36 Å². The lowest BCUT2D eigenvalue weighted by Crippen LogP contribution is -2.51. The van der Waals surface area contributed by atoms with Crippen molar-refractivity contribution in [3.05, 3.63) is 29.8 Å². The number of carbonyl (C=O) groups is 1. The summed E-state index contributed by atoms with van der Waals surface area (Å²) in [5.41, 5.74) is 0.629. The molecule has 0 aliphatic carbocycles. The Kier molecular flexibility index (Phi) is 7.28. The van der Waals surface area contributed by atoms with Gasteiger partial charge in [-0.1, -0.05) is 26.0 Å². The predicted octanol–water partition coefficient (Wildman–Crippen LogP) is 2.60. The highest BCUT2D eigenvalue weighted by Crippen LogP contribution is 2.22. The molecule has 1 atom stereocenters. The van der Waals surface area contributed by atoms with Crippen LogP contribution in [0, 0.1) is 5.92 Å². The Morgan fingerprint density at radius 2 is 1.85 bits per heavy atom. The first kappa shape index (κ1) is 20.5. The van der Waals surface area contributed by atoms with Crippen LogP contribution in [0.3, 0.4) is 0 Å². The van der Waals surface area contributed by atoms with Gasteiger partial charge in [-0.2, -0.15) is 0 Å². The number of nitrogens with one attached hydrogen (secondary N) is 1. The Morgan fingerprint density at radius 3 is 2.38 bits per heavy atom. The summed E-state index contributed by atoms with van der Waals surface area (Å²) < 4.78 is 45.6. The second kappa shape index (κ2) is 9.23. The second-order valence-electron chi connectivity index (χ2n) is 6.63. The van der Waals surface area contributed by atoms with Gasteiger partial charge in [0.1, 0.15) is 5.75 Å². The van der Waals surface area contributed by atoms with Crippen LogP contribution < -0.4 is 10.1 Å². The average molecular weight is 374 g/mol. The van der Waals surface area contributed by atoms with E-state index in [1.807, 2.05) is 0 Å². The van der Waals surface area contributed by atoms with Crippen molar-refractivity contribution >= 4 is 5.91 Å². The van der Waals surface area contributed by atoms with Crippen LogP contribution in [0.1, 0.15) is 19.4 Å². The third-order valence-corrected chi connectivity index (χ3v) is 4.31. The van der Waals surface area contributed by atoms with Gasteiger partial charge in [0.15, 0.2) is 0 Å². The fourth-order valence-corrected chi connectivity index (χ4v) is 2.97. The molecule has 1 amide bonds. The number of nitrogens with zero attached hydrogens (tertiary/aromatic N) is 1. The Morgan fingerprint density at radius 1 is 1.23 bits per heavy atom. The summed E-state index contributed by atoms with van der Waals surface area (Å²) in [4.78, 5) is 14.5. The van der Waals surface area contributed by atoms with Crippen LogP contribution >= 0.6 is 0 Å². The van der Waals surface area contributed by atoms with Crippen LogP contribution in [-0.4, -0.2) is 56.1 Å². The van der Waals surface area contributed by atoms with Gasteiger partial charge in [0.25, 0.3) is 0 Å². The van der Waals surface area contributed by atoms with Crippen LogP contribution in [0.5, 0.6) is 5.75 Å². The normalized spacial score (nSPS) is 17.2. The van der Waals surface area contributed by atoms with E-state index in [2.05, 4.69) is 28.8 Å². The summed E-state index contributed by atoms with van der Waals surface area (Å²) in [7, 11) is 0. The Hall–Kier alpha value is -1.80. The molecule has 1 N–H and O–H groups in total. The molecular formula is C18H25F3N2O3. The van der Waals surface area contributed by atoms with Gasteiger partial charge in [0, 0.05) is 25.7 Å². The fourth-order valence-electron chi connectivity index (χ4n) is 2.97. The molecule has 1 heterocycles. The number of ether oxygens (including phenoxy) is 2. The Bertz CT molecular complexity index is 570. The molecule has 0 bridgehead atoms. The Balaban J connectivity index is 1.83. The number of benzene rings is 1. The van der Waals surface area contributed by atoms with E-state index >= 15 is 0 Å². The molecule has 1 saturated heterocycles. The van der Waals surface area contributed by atoms with E-state index in [9.17, 15) is 18.0 Å². The highest BCUT2D eigenvalue weighted by atomic mass is 19.4. The highest BCUT2D eigenvalue weighted by Gasteiger charge is 2.31. The summed E-state index contributed by atoms with van der Waals surface area (Å²) in [5.74, 6) is -0.0746. The number of alkyl halides is 3. The zero-order valence-electron chi connectivity index (χ0n) is 15.0. The van der Waals surface area contributed by atoms with Gasteiger partial charge >= 0.3 is 6.36 Å². The lowest BCUT2D eigenvalue weighted by molar-refractivity contribution is -0.274. The lowest BCUT2D eigenvalue weighted by Gasteiger charge is -2.36. The minimum Gasteiger partial charge on any atom is -0.406 e. The molecule has 1 aliphatic heterocycles. The van der Waals surface area contributed by atoms with E-state index in [1.165, 1.54) is 24.3 Å². The third kappa shape index (κ3) is 6.84. The lowest BCUT2D eigenvalue weighted by atomic mass is 10.0. The van der Waals surface area contributed by atoms with Crippen LogP contribution in [0.2, 0.25) is 0 Å². The van der Waals surface area contributed by atoms with E-state index in [1.54, 1.807) is 0 Å². The van der Waals surface area contributed by atoms with Gasteiger partial charge < -0.3 is 14.8 Å². The molecular weight excluding hydrogens is 349 g/mol. The molecule has 5 nitrogen and oxygen atoms in total. The number of hydrogen-bond acceptors (Lipinski definition) is 4. The molecule has 0 aromatic heterocycles. The first-order chi connectivity index (χ1) is 12.2. The minimum absolute atomic E-state index is 0.111. The van der Waals surface area contributed by atoms with Crippen LogP contribution in [0.4, 0.5) is 13.2 Å². The van der Waals surface area contributed by atoms with E-state index in [0.717, 1.165) is 13.1 Å². The van der Waals surface area contributed by atoms with Crippen LogP contribution in [0.15, 0.2) is 24.3 Å². The van der Waals surface area contributed by atoms with Crippen molar-refractivity contribution in [1.29, 1.82) is 0 Å². The summed E-state index contributed by atoms with van der Waals surface area (Å²) >= 11 is 0. The van der Waals surface area contributed by atoms with Gasteiger partial charge in [-0.05, 0) is 23.6 Å².